The Hall–Kier alpha value is -1.96. The fraction of sp³-hybridized carbons (Fsp3) is 0.500. The second kappa shape index (κ2) is 5.35. The highest BCUT2D eigenvalue weighted by Crippen LogP contribution is 2.20. The van der Waals surface area contributed by atoms with E-state index in [-0.39, 0.29) is 23.5 Å². The minimum absolute atomic E-state index is 0.0451. The predicted molar refractivity (Wildman–Crippen MR) is 82.4 cm³/mol. The van der Waals surface area contributed by atoms with Crippen LogP contribution in [0.5, 0.6) is 0 Å². The predicted octanol–water partition coefficient (Wildman–Crippen LogP) is 0.710. The van der Waals surface area contributed by atoms with Crippen LogP contribution in [0.2, 0.25) is 0 Å². The third-order valence-corrected chi connectivity index (χ3v) is 5.89. The highest BCUT2D eigenvalue weighted by molar-refractivity contribution is 7.91. The van der Waals surface area contributed by atoms with E-state index < -0.39 is 9.84 Å². The zero-order chi connectivity index (χ0) is 15.9. The molecular formula is C14H18N4O3S. The summed E-state index contributed by atoms with van der Waals surface area (Å²) in [5.74, 6) is 0.0119. The molecule has 1 aromatic carbocycles. The summed E-state index contributed by atoms with van der Waals surface area (Å²) in [5.41, 5.74) is 2.05. The molecule has 1 aliphatic rings. The van der Waals surface area contributed by atoms with Gasteiger partial charge in [-0.05, 0) is 31.5 Å². The molecule has 22 heavy (non-hydrogen) atoms. The van der Waals surface area contributed by atoms with E-state index in [1.165, 1.54) is 4.90 Å². The van der Waals surface area contributed by atoms with E-state index in [0.29, 0.717) is 24.0 Å². The molecule has 0 radical (unpaired) electrons. The van der Waals surface area contributed by atoms with Crippen LogP contribution >= 0.6 is 0 Å². The molecule has 1 unspecified atom stereocenters. The Bertz CT molecular complexity index is 828. The second-order valence-corrected chi connectivity index (χ2v) is 7.81. The molecule has 2 heterocycles. The van der Waals surface area contributed by atoms with Gasteiger partial charge in [-0.25, -0.2) is 13.1 Å². The summed E-state index contributed by atoms with van der Waals surface area (Å²) >= 11 is 0. The Labute approximate surface area is 128 Å². The molecule has 1 fully saturated rings. The molecule has 118 valence electrons. The second-order valence-electron chi connectivity index (χ2n) is 5.58. The summed E-state index contributed by atoms with van der Waals surface area (Å²) in [6.45, 7) is 2.69. The molecule has 2 aromatic rings. The largest absolute Gasteiger partial charge is 0.338 e. The van der Waals surface area contributed by atoms with E-state index in [9.17, 15) is 13.2 Å². The Morgan fingerprint density at radius 3 is 2.86 bits per heavy atom. The number of amides is 1. The van der Waals surface area contributed by atoms with Gasteiger partial charge in [0.25, 0.3) is 5.91 Å². The lowest BCUT2D eigenvalue weighted by molar-refractivity contribution is 0.0748. The lowest BCUT2D eigenvalue weighted by Gasteiger charge is -2.23. The van der Waals surface area contributed by atoms with Gasteiger partial charge in [-0.1, -0.05) is 5.21 Å². The Morgan fingerprint density at radius 2 is 2.23 bits per heavy atom. The monoisotopic (exact) mass is 322 g/mol. The molecule has 3 rings (SSSR count). The van der Waals surface area contributed by atoms with Gasteiger partial charge in [0, 0.05) is 25.2 Å². The van der Waals surface area contributed by atoms with Gasteiger partial charge >= 0.3 is 0 Å². The highest BCUT2D eigenvalue weighted by Gasteiger charge is 2.33. The smallest absolute Gasteiger partial charge is 0.253 e. The third kappa shape index (κ3) is 2.58. The molecule has 1 atom stereocenters. The van der Waals surface area contributed by atoms with Gasteiger partial charge in [0.15, 0.2) is 9.84 Å². The number of sulfone groups is 1. The van der Waals surface area contributed by atoms with Crippen LogP contribution in [0.15, 0.2) is 18.2 Å². The Morgan fingerprint density at radius 1 is 1.45 bits per heavy atom. The zero-order valence-corrected chi connectivity index (χ0v) is 13.4. The van der Waals surface area contributed by atoms with Gasteiger partial charge < -0.3 is 4.90 Å². The molecule has 7 nitrogen and oxygen atoms in total. The van der Waals surface area contributed by atoms with Gasteiger partial charge in [-0.3, -0.25) is 4.79 Å². The number of rotatable bonds is 3. The maximum atomic E-state index is 12.5. The first-order valence-corrected chi connectivity index (χ1v) is 9.04. The maximum Gasteiger partial charge on any atom is 0.253 e. The zero-order valence-electron chi connectivity index (χ0n) is 12.6. The summed E-state index contributed by atoms with van der Waals surface area (Å²) in [4.78, 5) is 14.1. The van der Waals surface area contributed by atoms with Crippen molar-refractivity contribution in [3.63, 3.8) is 0 Å². The van der Waals surface area contributed by atoms with E-state index in [1.54, 1.807) is 23.9 Å². The highest BCUT2D eigenvalue weighted by atomic mass is 32.2. The van der Waals surface area contributed by atoms with E-state index >= 15 is 0 Å². The van der Waals surface area contributed by atoms with Crippen LogP contribution in [0.3, 0.4) is 0 Å². The first kappa shape index (κ1) is 15.0. The average Bonchev–Trinajstić information content (AvgIpc) is 3.07. The van der Waals surface area contributed by atoms with Crippen LogP contribution in [-0.2, 0) is 16.4 Å². The van der Waals surface area contributed by atoms with Crippen LogP contribution in [-0.4, -0.2) is 58.8 Å². The van der Waals surface area contributed by atoms with Crippen molar-refractivity contribution in [1.29, 1.82) is 0 Å². The molecule has 1 amide bonds. The van der Waals surface area contributed by atoms with E-state index in [0.717, 1.165) is 5.52 Å². The summed E-state index contributed by atoms with van der Waals surface area (Å²) < 4.78 is 24.9. The van der Waals surface area contributed by atoms with Crippen LogP contribution in [0.25, 0.3) is 11.0 Å². The Kier molecular flexibility index (Phi) is 3.64. The molecule has 0 spiro atoms. The van der Waals surface area contributed by atoms with Crippen LogP contribution < -0.4 is 0 Å². The fourth-order valence-electron chi connectivity index (χ4n) is 2.79. The third-order valence-electron chi connectivity index (χ3n) is 4.14. The molecule has 8 heteroatoms. The lowest BCUT2D eigenvalue weighted by atomic mass is 10.1. The topological polar surface area (TPSA) is 85.2 Å². The number of benzene rings is 1. The van der Waals surface area contributed by atoms with Crippen molar-refractivity contribution in [2.45, 2.75) is 25.9 Å². The van der Waals surface area contributed by atoms with Crippen LogP contribution in [0.4, 0.5) is 0 Å². The average molecular weight is 322 g/mol. The van der Waals surface area contributed by atoms with Crippen molar-refractivity contribution < 1.29 is 13.2 Å². The molecule has 0 bridgehead atoms. The SMILES string of the molecule is CCn1nnc2cc(C(=O)N(C)C3CCS(=O)(=O)C3)ccc21. The van der Waals surface area contributed by atoms with Crippen molar-refractivity contribution in [3.05, 3.63) is 23.8 Å². The number of carbonyl (C=O) groups excluding carboxylic acids is 1. The summed E-state index contributed by atoms with van der Waals surface area (Å²) in [6, 6.07) is 5.02. The number of hydrogen-bond donors (Lipinski definition) is 0. The van der Waals surface area contributed by atoms with E-state index in [1.807, 2.05) is 13.0 Å². The molecule has 1 aromatic heterocycles. The molecule has 0 aliphatic carbocycles. The standard InChI is InChI=1S/C14H18N4O3S/c1-3-18-13-5-4-10(8-12(13)15-16-18)14(19)17(2)11-6-7-22(20,21)9-11/h4-5,8,11H,3,6-7,9H2,1-2H3. The van der Waals surface area contributed by atoms with E-state index in [4.69, 9.17) is 0 Å². The molecule has 0 saturated carbocycles. The maximum absolute atomic E-state index is 12.5. The normalized spacial score (nSPS) is 20.4. The van der Waals surface area contributed by atoms with Gasteiger partial charge in [0.1, 0.15) is 5.52 Å². The van der Waals surface area contributed by atoms with Crippen molar-refractivity contribution in [3.8, 4) is 0 Å². The minimum Gasteiger partial charge on any atom is -0.338 e. The molecule has 1 saturated heterocycles. The van der Waals surface area contributed by atoms with Gasteiger partial charge in [-0.2, -0.15) is 0 Å². The number of carbonyl (C=O) groups is 1. The molecule has 0 N–H and O–H groups in total. The van der Waals surface area contributed by atoms with Crippen molar-refractivity contribution in [1.82, 2.24) is 19.9 Å². The van der Waals surface area contributed by atoms with Gasteiger partial charge in [0.05, 0.1) is 17.0 Å². The summed E-state index contributed by atoms with van der Waals surface area (Å²) in [5, 5.41) is 8.08. The minimum atomic E-state index is -3.01. The first-order chi connectivity index (χ1) is 10.4. The van der Waals surface area contributed by atoms with Crippen molar-refractivity contribution in [2.24, 2.45) is 0 Å². The first-order valence-electron chi connectivity index (χ1n) is 7.22. The number of aryl methyl sites for hydroxylation is 1. The van der Waals surface area contributed by atoms with E-state index in [2.05, 4.69) is 10.3 Å². The van der Waals surface area contributed by atoms with Crippen molar-refractivity contribution >= 4 is 26.8 Å². The number of fused-ring (bicyclic) bond motifs is 1. The number of aromatic nitrogens is 3. The van der Waals surface area contributed by atoms with Gasteiger partial charge in [0.2, 0.25) is 0 Å². The van der Waals surface area contributed by atoms with Crippen LogP contribution in [0, 0.1) is 0 Å². The summed E-state index contributed by atoms with van der Waals surface area (Å²) in [6.07, 6.45) is 0.499. The number of nitrogens with zero attached hydrogens (tertiary/aromatic N) is 4. The van der Waals surface area contributed by atoms with Crippen LogP contribution in [0.1, 0.15) is 23.7 Å². The fourth-order valence-corrected chi connectivity index (χ4v) is 4.56. The Balaban J connectivity index is 1.85. The summed E-state index contributed by atoms with van der Waals surface area (Å²) in [7, 11) is -1.36. The lowest BCUT2D eigenvalue weighted by Crippen LogP contribution is -2.37. The quantitative estimate of drug-likeness (QED) is 0.831. The van der Waals surface area contributed by atoms with Crippen molar-refractivity contribution in [2.75, 3.05) is 18.6 Å². The molecule has 1 aliphatic heterocycles. The van der Waals surface area contributed by atoms with Gasteiger partial charge in [-0.15, -0.1) is 5.10 Å². The molecular weight excluding hydrogens is 304 g/mol. The number of hydrogen-bond acceptors (Lipinski definition) is 5.